The van der Waals surface area contributed by atoms with Gasteiger partial charge in [0.2, 0.25) is 0 Å². The lowest BCUT2D eigenvalue weighted by atomic mass is 10.3. The Hall–Kier alpha value is -3.42. The van der Waals surface area contributed by atoms with Gasteiger partial charge in [0.05, 0.1) is 18.6 Å². The third-order valence-corrected chi connectivity index (χ3v) is 4.01. The van der Waals surface area contributed by atoms with Crippen molar-refractivity contribution in [2.24, 2.45) is 0 Å². The molecule has 0 radical (unpaired) electrons. The quantitative estimate of drug-likeness (QED) is 0.575. The third-order valence-electron chi connectivity index (χ3n) is 4.01. The average molecular weight is 350 g/mol. The molecule has 8 heteroatoms. The molecule has 3 heterocycles. The fourth-order valence-electron chi connectivity index (χ4n) is 2.79. The second-order valence-electron chi connectivity index (χ2n) is 6.10. The molecule has 0 unspecified atom stereocenters. The molecule has 0 aliphatic carbocycles. The van der Waals surface area contributed by atoms with Crippen molar-refractivity contribution in [3.05, 3.63) is 66.4 Å². The topological polar surface area (TPSA) is 90.8 Å². The van der Waals surface area contributed by atoms with Crippen LogP contribution in [-0.2, 0) is 13.1 Å². The number of para-hydroxylation sites is 1. The van der Waals surface area contributed by atoms with Crippen LogP contribution in [0.2, 0.25) is 0 Å². The number of carbonyl (C=O) groups is 1. The van der Waals surface area contributed by atoms with Crippen molar-refractivity contribution >= 4 is 16.9 Å². The van der Waals surface area contributed by atoms with Gasteiger partial charge in [-0.1, -0.05) is 17.3 Å². The minimum Gasteiger partial charge on any atom is -0.454 e. The molecule has 26 heavy (non-hydrogen) atoms. The van der Waals surface area contributed by atoms with Crippen molar-refractivity contribution in [3.63, 3.8) is 0 Å². The largest absolute Gasteiger partial charge is 0.454 e. The predicted octanol–water partition coefficient (Wildman–Crippen LogP) is 2.09. The summed E-state index contributed by atoms with van der Waals surface area (Å²) in [5, 5.41) is 15.3. The fourth-order valence-corrected chi connectivity index (χ4v) is 2.79. The standard InChI is InChI=1S/C18H18N6O2/c1-13(11-24-16-6-3-2-5-15(16)21-22-24)20-18(25)17-8-7-14(26-17)12-23-10-4-9-19-23/h2-10,13H,11-12H2,1H3,(H,20,25)/t13-/m0/s1. The van der Waals surface area contributed by atoms with Crippen LogP contribution in [0.4, 0.5) is 0 Å². The van der Waals surface area contributed by atoms with Crippen LogP contribution in [0.1, 0.15) is 23.2 Å². The minimum atomic E-state index is -0.256. The van der Waals surface area contributed by atoms with Crippen molar-refractivity contribution < 1.29 is 9.21 Å². The minimum absolute atomic E-state index is 0.132. The summed E-state index contributed by atoms with van der Waals surface area (Å²) in [6, 6.07) is 12.9. The molecule has 8 nitrogen and oxygen atoms in total. The monoisotopic (exact) mass is 350 g/mol. The Bertz CT molecular complexity index is 1020. The molecular formula is C18H18N6O2. The van der Waals surface area contributed by atoms with Gasteiger partial charge in [0.1, 0.15) is 11.3 Å². The SMILES string of the molecule is C[C@@H](Cn1nnc2ccccc21)NC(=O)c1ccc(Cn2cccn2)o1. The van der Waals surface area contributed by atoms with Crippen LogP contribution in [0.3, 0.4) is 0 Å². The summed E-state index contributed by atoms with van der Waals surface area (Å²) >= 11 is 0. The number of benzene rings is 1. The second kappa shape index (κ2) is 6.83. The maximum atomic E-state index is 12.4. The molecule has 0 bridgehead atoms. The van der Waals surface area contributed by atoms with Crippen LogP contribution in [0.5, 0.6) is 0 Å². The normalized spacial score (nSPS) is 12.3. The van der Waals surface area contributed by atoms with E-state index < -0.39 is 0 Å². The maximum Gasteiger partial charge on any atom is 0.287 e. The van der Waals surface area contributed by atoms with Gasteiger partial charge in [-0.15, -0.1) is 5.10 Å². The Morgan fingerprint density at radius 1 is 1.23 bits per heavy atom. The average Bonchev–Trinajstić information content (AvgIpc) is 3.37. The number of nitrogens with zero attached hydrogens (tertiary/aromatic N) is 5. The molecule has 0 spiro atoms. The van der Waals surface area contributed by atoms with E-state index in [1.54, 1.807) is 27.7 Å². The Kier molecular flexibility index (Phi) is 4.22. The van der Waals surface area contributed by atoms with Crippen molar-refractivity contribution in [2.45, 2.75) is 26.1 Å². The van der Waals surface area contributed by atoms with E-state index in [-0.39, 0.29) is 17.7 Å². The smallest absolute Gasteiger partial charge is 0.287 e. The summed E-state index contributed by atoms with van der Waals surface area (Å²) in [4.78, 5) is 12.4. The number of aromatic nitrogens is 5. The lowest BCUT2D eigenvalue weighted by Crippen LogP contribution is -2.35. The van der Waals surface area contributed by atoms with E-state index in [4.69, 9.17) is 4.42 Å². The van der Waals surface area contributed by atoms with Crippen molar-refractivity contribution in [1.82, 2.24) is 30.1 Å². The Morgan fingerprint density at radius 3 is 2.96 bits per heavy atom. The molecule has 0 saturated carbocycles. The zero-order valence-corrected chi connectivity index (χ0v) is 14.2. The molecule has 0 fully saturated rings. The first-order chi connectivity index (χ1) is 12.7. The first-order valence-electron chi connectivity index (χ1n) is 8.34. The number of hydrogen-bond donors (Lipinski definition) is 1. The van der Waals surface area contributed by atoms with Gasteiger partial charge in [0.15, 0.2) is 5.76 Å². The summed E-state index contributed by atoms with van der Waals surface area (Å²) in [7, 11) is 0. The molecule has 0 aliphatic rings. The number of rotatable bonds is 6. The third kappa shape index (κ3) is 3.34. The molecule has 1 N–H and O–H groups in total. The van der Waals surface area contributed by atoms with Crippen molar-refractivity contribution in [3.8, 4) is 0 Å². The molecular weight excluding hydrogens is 332 g/mol. The second-order valence-corrected chi connectivity index (χ2v) is 6.10. The lowest BCUT2D eigenvalue weighted by molar-refractivity contribution is 0.0906. The number of amides is 1. The van der Waals surface area contributed by atoms with E-state index in [1.165, 1.54) is 0 Å². The fraction of sp³-hybridized carbons (Fsp3) is 0.222. The lowest BCUT2D eigenvalue weighted by Gasteiger charge is -2.13. The maximum absolute atomic E-state index is 12.4. The van der Waals surface area contributed by atoms with E-state index in [0.717, 1.165) is 11.0 Å². The first kappa shape index (κ1) is 16.1. The highest BCUT2D eigenvalue weighted by Gasteiger charge is 2.15. The number of nitrogens with one attached hydrogen (secondary N) is 1. The predicted molar refractivity (Wildman–Crippen MR) is 94.5 cm³/mol. The van der Waals surface area contributed by atoms with Gasteiger partial charge in [-0.2, -0.15) is 5.10 Å². The molecule has 1 atom stereocenters. The number of fused-ring (bicyclic) bond motifs is 1. The van der Waals surface area contributed by atoms with Gasteiger partial charge in [0, 0.05) is 18.4 Å². The summed E-state index contributed by atoms with van der Waals surface area (Å²) < 4.78 is 9.14. The molecule has 1 aromatic carbocycles. The van der Waals surface area contributed by atoms with Crippen LogP contribution < -0.4 is 5.32 Å². The van der Waals surface area contributed by atoms with Gasteiger partial charge in [-0.05, 0) is 37.3 Å². The molecule has 1 amide bonds. The van der Waals surface area contributed by atoms with E-state index in [9.17, 15) is 4.79 Å². The molecule has 4 rings (SSSR count). The first-order valence-corrected chi connectivity index (χ1v) is 8.34. The summed E-state index contributed by atoms with van der Waals surface area (Å²) in [5.41, 5.74) is 1.77. The highest BCUT2D eigenvalue weighted by molar-refractivity contribution is 5.91. The van der Waals surface area contributed by atoms with Crippen molar-refractivity contribution in [1.29, 1.82) is 0 Å². The molecule has 4 aromatic rings. The van der Waals surface area contributed by atoms with E-state index in [1.807, 2.05) is 43.5 Å². The number of furan rings is 1. The van der Waals surface area contributed by atoms with E-state index in [2.05, 4.69) is 20.7 Å². The van der Waals surface area contributed by atoms with Gasteiger partial charge in [-0.25, -0.2) is 4.68 Å². The van der Waals surface area contributed by atoms with Crippen molar-refractivity contribution in [2.75, 3.05) is 0 Å². The van der Waals surface area contributed by atoms with Crippen LogP contribution in [-0.4, -0.2) is 36.7 Å². The Labute approximate surface area is 149 Å². The highest BCUT2D eigenvalue weighted by Crippen LogP contribution is 2.12. The van der Waals surface area contributed by atoms with Crippen LogP contribution in [0.25, 0.3) is 11.0 Å². The van der Waals surface area contributed by atoms with Gasteiger partial charge >= 0.3 is 0 Å². The zero-order valence-electron chi connectivity index (χ0n) is 14.2. The summed E-state index contributed by atoms with van der Waals surface area (Å²) in [6.07, 6.45) is 3.54. The molecule has 3 aromatic heterocycles. The molecule has 0 aliphatic heterocycles. The van der Waals surface area contributed by atoms with Gasteiger partial charge in [0.25, 0.3) is 5.91 Å². The Balaban J connectivity index is 1.39. The highest BCUT2D eigenvalue weighted by atomic mass is 16.4. The van der Waals surface area contributed by atoms with E-state index >= 15 is 0 Å². The Morgan fingerprint density at radius 2 is 2.12 bits per heavy atom. The number of hydrogen-bond acceptors (Lipinski definition) is 5. The van der Waals surface area contributed by atoms with Crippen LogP contribution >= 0.6 is 0 Å². The number of carbonyl (C=O) groups excluding carboxylic acids is 1. The zero-order chi connectivity index (χ0) is 17.9. The van der Waals surface area contributed by atoms with E-state index in [0.29, 0.717) is 18.8 Å². The molecule has 0 saturated heterocycles. The van der Waals surface area contributed by atoms with Gasteiger partial charge < -0.3 is 9.73 Å². The van der Waals surface area contributed by atoms with Crippen LogP contribution in [0, 0.1) is 0 Å². The summed E-state index contributed by atoms with van der Waals surface area (Å²) in [5.74, 6) is 0.699. The summed E-state index contributed by atoms with van der Waals surface area (Å²) in [6.45, 7) is 2.93. The van der Waals surface area contributed by atoms with Gasteiger partial charge in [-0.3, -0.25) is 9.48 Å². The molecule has 132 valence electrons. The van der Waals surface area contributed by atoms with Crippen LogP contribution in [0.15, 0.2) is 59.3 Å².